The molecule has 6 aromatic rings. The second kappa shape index (κ2) is 25.4. The number of aliphatic carboxylic acids is 2. The van der Waals surface area contributed by atoms with Crippen LogP contribution in [0.3, 0.4) is 0 Å². The van der Waals surface area contributed by atoms with E-state index in [1.54, 1.807) is 48.2 Å². The summed E-state index contributed by atoms with van der Waals surface area (Å²) in [6.45, 7) is 7.92. The van der Waals surface area contributed by atoms with Crippen molar-refractivity contribution in [3.8, 4) is 34.1 Å². The minimum absolute atomic E-state index is 0.102. The smallest absolute Gasteiger partial charge is 0.320 e. The average Bonchev–Trinajstić information content (AvgIpc) is 3.31. The van der Waals surface area contributed by atoms with Crippen molar-refractivity contribution in [3.05, 3.63) is 175 Å². The van der Waals surface area contributed by atoms with Gasteiger partial charge in [0.2, 0.25) is 0 Å². The Labute approximate surface area is 427 Å². The fraction of sp³-hybridized carbons (Fsp3) is 0.321. The van der Waals surface area contributed by atoms with Crippen LogP contribution in [0.5, 0.6) is 23.0 Å². The van der Waals surface area contributed by atoms with E-state index in [-0.39, 0.29) is 72.2 Å². The minimum atomic E-state index is -0.967. The highest BCUT2D eigenvalue weighted by atomic mass is 35.5. The molecule has 2 N–H and O–H groups in total. The zero-order valence-electron chi connectivity index (χ0n) is 41.0. The molecule has 10 nitrogen and oxygen atoms in total. The molecule has 0 spiro atoms. The van der Waals surface area contributed by atoms with Crippen LogP contribution in [0.15, 0.2) is 97.1 Å². The Bertz CT molecular complexity index is 2650. The zero-order valence-corrected chi connectivity index (χ0v) is 42.5. The van der Waals surface area contributed by atoms with Gasteiger partial charge in [0.25, 0.3) is 0 Å². The summed E-state index contributed by atoms with van der Waals surface area (Å²) in [5, 5.41) is 20.3. The summed E-state index contributed by atoms with van der Waals surface area (Å²) in [6, 6.07) is 22.9. The number of carbonyl (C=O) groups is 2. The van der Waals surface area contributed by atoms with Crippen LogP contribution in [0.1, 0.15) is 84.0 Å². The third-order valence-electron chi connectivity index (χ3n) is 12.4. The average molecular weight is 1030 g/mol. The third kappa shape index (κ3) is 14.4. The lowest BCUT2D eigenvalue weighted by Gasteiger charge is -2.26. The first-order valence-corrected chi connectivity index (χ1v) is 24.2. The summed E-state index contributed by atoms with van der Waals surface area (Å²) in [7, 11) is 3.39. The molecule has 2 atom stereocenters. The summed E-state index contributed by atoms with van der Waals surface area (Å²) < 4.78 is 81.3. The van der Waals surface area contributed by atoms with E-state index in [4.69, 9.17) is 42.1 Å². The fourth-order valence-electron chi connectivity index (χ4n) is 8.54. The molecule has 0 heterocycles. The maximum atomic E-state index is 14.1. The summed E-state index contributed by atoms with van der Waals surface area (Å²) in [5.74, 6) is -3.77. The fourth-order valence-corrected chi connectivity index (χ4v) is 9.02. The van der Waals surface area contributed by atoms with Crippen LogP contribution in [0.25, 0.3) is 11.1 Å². The van der Waals surface area contributed by atoms with Crippen molar-refractivity contribution in [1.82, 2.24) is 9.80 Å². The van der Waals surface area contributed by atoms with Crippen molar-refractivity contribution in [2.75, 3.05) is 14.1 Å². The highest BCUT2D eigenvalue weighted by Crippen LogP contribution is 2.38. The number of benzene rings is 6. The summed E-state index contributed by atoms with van der Waals surface area (Å²) >= 11 is 13.7. The van der Waals surface area contributed by atoms with E-state index in [2.05, 4.69) is 0 Å². The van der Waals surface area contributed by atoms with Gasteiger partial charge in [-0.2, -0.15) is 0 Å². The quantitative estimate of drug-likeness (QED) is 0.0537. The third-order valence-corrected chi connectivity index (χ3v) is 13.0. The van der Waals surface area contributed by atoms with Crippen LogP contribution in [0, 0.1) is 37.1 Å². The molecule has 16 heteroatoms. The molecule has 0 aromatic heterocycles. The molecule has 72 heavy (non-hydrogen) atoms. The molecule has 0 unspecified atom stereocenters. The van der Waals surface area contributed by atoms with E-state index in [9.17, 15) is 37.4 Å². The Morgan fingerprint density at radius 3 is 1.19 bits per heavy atom. The van der Waals surface area contributed by atoms with Crippen LogP contribution in [-0.4, -0.2) is 58.1 Å². The van der Waals surface area contributed by atoms with Crippen LogP contribution >= 0.6 is 23.2 Å². The molecule has 0 aliphatic carbocycles. The number of carboxylic acids is 2. The topological polar surface area (TPSA) is 118 Å². The number of nitrogens with zero attached hydrogens (tertiary/aromatic N) is 2. The maximum Gasteiger partial charge on any atom is 0.320 e. The monoisotopic (exact) mass is 1030 g/mol. The lowest BCUT2D eigenvalue weighted by atomic mass is 9.92. The molecule has 0 saturated carbocycles. The highest BCUT2D eigenvalue weighted by Gasteiger charge is 2.26. The number of ether oxygens (including phenoxy) is 4. The lowest BCUT2D eigenvalue weighted by Crippen LogP contribution is -2.37. The van der Waals surface area contributed by atoms with E-state index in [0.29, 0.717) is 48.3 Å². The first-order valence-electron chi connectivity index (χ1n) is 23.4. The van der Waals surface area contributed by atoms with Gasteiger partial charge in [-0.15, -0.1) is 0 Å². The Kier molecular flexibility index (Phi) is 19.4. The van der Waals surface area contributed by atoms with Gasteiger partial charge in [-0.25, -0.2) is 17.6 Å². The highest BCUT2D eigenvalue weighted by molar-refractivity contribution is 6.32. The lowest BCUT2D eigenvalue weighted by molar-refractivity contribution is -0.144. The number of rotatable bonds is 25. The zero-order chi connectivity index (χ0) is 52.2. The molecule has 0 amide bonds. The van der Waals surface area contributed by atoms with Crippen molar-refractivity contribution < 1.29 is 56.3 Å². The van der Waals surface area contributed by atoms with Gasteiger partial charge in [0.15, 0.2) is 0 Å². The summed E-state index contributed by atoms with van der Waals surface area (Å²) in [6.07, 6.45) is 2.14. The molecule has 0 aliphatic rings. The minimum Gasteiger partial charge on any atom is -0.488 e. The Balaban J connectivity index is 1.23. The molecule has 0 bridgehead atoms. The number of likely N-dealkylation sites (N-methyl/N-ethyl adjacent to an activating group) is 2. The van der Waals surface area contributed by atoms with E-state index >= 15 is 0 Å². The Morgan fingerprint density at radius 1 is 0.514 bits per heavy atom. The van der Waals surface area contributed by atoms with E-state index in [1.807, 2.05) is 64.1 Å². The maximum absolute atomic E-state index is 14.1. The van der Waals surface area contributed by atoms with Crippen LogP contribution < -0.4 is 18.9 Å². The molecule has 0 aliphatic heterocycles. The van der Waals surface area contributed by atoms with E-state index in [0.717, 1.165) is 45.5 Å². The van der Waals surface area contributed by atoms with E-state index < -0.39 is 47.3 Å². The van der Waals surface area contributed by atoms with Crippen molar-refractivity contribution in [1.29, 1.82) is 0 Å². The Hall–Kier alpha value is -6.32. The normalized spacial score (nSPS) is 12.2. The second-order valence-electron chi connectivity index (χ2n) is 17.8. The van der Waals surface area contributed by atoms with Crippen molar-refractivity contribution >= 4 is 35.1 Å². The van der Waals surface area contributed by atoms with Crippen LogP contribution in [0.4, 0.5) is 17.6 Å². The van der Waals surface area contributed by atoms with Gasteiger partial charge in [-0.05, 0) is 122 Å². The van der Waals surface area contributed by atoms with Gasteiger partial charge < -0.3 is 29.2 Å². The largest absolute Gasteiger partial charge is 0.488 e. The molecular formula is C56H58Cl2F4N2O8. The number of hydrogen-bond donors (Lipinski definition) is 2. The van der Waals surface area contributed by atoms with Gasteiger partial charge in [0.05, 0.1) is 10.0 Å². The predicted octanol–water partition coefficient (Wildman–Crippen LogP) is 13.5. The van der Waals surface area contributed by atoms with Gasteiger partial charge >= 0.3 is 11.9 Å². The standard InChI is InChI=1S/C56H58Cl2F4N2O8/c1-7-11-49(55(65)66)63(5)27-39-21-47(57)53(25-51(39)69-29-35-17-41(59)23-42(60)18-35)71-31-37-13-9-15-45(33(37)3)46-16-10-14-38(34(46)4)32-72-54-26-52(70-30-36-19-43(61)24-44(62)20-36)40(22-48(54)58)28-64(6)50(12-8-2)56(67)68/h9-10,13-26,49-50H,7-8,11-12,27-32H2,1-6H3,(H,65,66)(H,67,68)/t49-,50-/m0/s1. The number of carboxylic acid groups (broad SMARTS) is 2. The first-order chi connectivity index (χ1) is 34.3. The van der Waals surface area contributed by atoms with E-state index in [1.165, 1.54) is 24.3 Å². The van der Waals surface area contributed by atoms with Gasteiger partial charge in [0, 0.05) is 48.5 Å². The number of hydrogen-bond acceptors (Lipinski definition) is 8. The van der Waals surface area contributed by atoms with Crippen LogP contribution in [-0.2, 0) is 49.1 Å². The Morgan fingerprint density at radius 2 is 0.861 bits per heavy atom. The SMILES string of the molecule is CCC[C@@H](C(=O)O)N(C)Cc1cc(Cl)c(OCc2cccc(-c3cccc(COc4cc(OCc5cc(F)cc(F)c5)c(CN(C)[C@@H](CCC)C(=O)O)cc4Cl)c3C)c2C)cc1OCc1cc(F)cc(F)c1. The first kappa shape index (κ1) is 55.0. The van der Waals surface area contributed by atoms with Gasteiger partial charge in [0.1, 0.15) is 84.8 Å². The molecule has 0 radical (unpaired) electrons. The molecule has 6 rings (SSSR count). The predicted molar refractivity (Wildman–Crippen MR) is 270 cm³/mol. The van der Waals surface area contributed by atoms with Crippen molar-refractivity contribution in [2.24, 2.45) is 0 Å². The molecule has 0 saturated heterocycles. The second-order valence-corrected chi connectivity index (χ2v) is 18.6. The molecule has 382 valence electrons. The molecule has 6 aromatic carbocycles. The van der Waals surface area contributed by atoms with Crippen molar-refractivity contribution in [2.45, 2.75) is 105 Å². The number of halogens is 6. The molecule has 0 fully saturated rings. The van der Waals surface area contributed by atoms with Gasteiger partial charge in [-0.1, -0.05) is 86.3 Å². The summed E-state index contributed by atoms with van der Waals surface area (Å²) in [5.41, 5.74) is 7.06. The summed E-state index contributed by atoms with van der Waals surface area (Å²) in [4.78, 5) is 27.6. The van der Waals surface area contributed by atoms with Crippen LogP contribution in [0.2, 0.25) is 10.0 Å². The van der Waals surface area contributed by atoms with Crippen molar-refractivity contribution in [3.63, 3.8) is 0 Å². The van der Waals surface area contributed by atoms with Gasteiger partial charge in [-0.3, -0.25) is 19.4 Å². The molecular weight excluding hydrogens is 976 g/mol.